The largest absolute Gasteiger partial charge is 0.349 e. The molecule has 0 aliphatic carbocycles. The average molecular weight is 286 g/mol. The molecule has 0 N–H and O–H groups in total. The maximum Gasteiger partial charge on any atom is 0.349 e. The van der Waals surface area contributed by atoms with E-state index in [1.165, 1.54) is 16.7 Å². The summed E-state index contributed by atoms with van der Waals surface area (Å²) < 4.78 is 15.3. The smallest absolute Gasteiger partial charge is 0.285 e. The van der Waals surface area contributed by atoms with E-state index in [1.807, 2.05) is 20.8 Å². The van der Waals surface area contributed by atoms with Crippen LogP contribution in [0.1, 0.15) is 20.8 Å². The van der Waals surface area contributed by atoms with Crippen LogP contribution < -0.4 is 0 Å². The van der Waals surface area contributed by atoms with Gasteiger partial charge in [0.15, 0.2) is 0 Å². The molecular weight excluding hydrogens is 275 g/mol. The molecule has 0 fully saturated rings. The molecule has 0 spiro atoms. The standard InChI is InChI=1S/C11H11BrFN2O/c1-11(2,3)15-9-5-7(13)6(12)4-8(9)14-10(15)16/h4-5H,1-3H3. The summed E-state index contributed by atoms with van der Waals surface area (Å²) in [6.07, 6.45) is 0. The van der Waals surface area contributed by atoms with Crippen LogP contribution in [0.2, 0.25) is 0 Å². The lowest BCUT2D eigenvalue weighted by Crippen LogP contribution is -2.20. The first-order chi connectivity index (χ1) is 7.30. The van der Waals surface area contributed by atoms with Crippen LogP contribution in [0, 0.1) is 5.82 Å². The zero-order chi connectivity index (χ0) is 12.1. The van der Waals surface area contributed by atoms with Crippen LogP contribution in [0.3, 0.4) is 0 Å². The van der Waals surface area contributed by atoms with Crippen molar-refractivity contribution in [2.24, 2.45) is 0 Å². The van der Waals surface area contributed by atoms with Crippen molar-refractivity contribution < 1.29 is 9.50 Å². The summed E-state index contributed by atoms with van der Waals surface area (Å²) in [7, 11) is 0. The van der Waals surface area contributed by atoms with E-state index in [1.54, 1.807) is 0 Å². The second-order valence-corrected chi connectivity index (χ2v) is 5.51. The maximum atomic E-state index is 13.4. The average Bonchev–Trinajstić information content (AvgIpc) is 2.40. The highest BCUT2D eigenvalue weighted by atomic mass is 79.9. The summed E-state index contributed by atoms with van der Waals surface area (Å²) in [5, 5.41) is 11.7. The zero-order valence-corrected chi connectivity index (χ0v) is 10.8. The van der Waals surface area contributed by atoms with Crippen LogP contribution in [0.15, 0.2) is 16.6 Å². The molecule has 1 heterocycles. The number of aromatic nitrogens is 2. The molecule has 0 unspecified atom stereocenters. The highest BCUT2D eigenvalue weighted by Crippen LogP contribution is 2.31. The molecule has 0 aliphatic heterocycles. The molecule has 0 bridgehead atoms. The lowest BCUT2D eigenvalue weighted by Gasteiger charge is -2.21. The molecular formula is C11H11BrFN2O. The third-order valence-corrected chi connectivity index (χ3v) is 2.94. The third kappa shape index (κ3) is 1.69. The third-order valence-electron chi connectivity index (χ3n) is 2.34. The van der Waals surface area contributed by atoms with Crippen LogP contribution in [0.5, 0.6) is 6.01 Å². The first-order valence-corrected chi connectivity index (χ1v) is 5.65. The first kappa shape index (κ1) is 11.4. The predicted molar refractivity (Wildman–Crippen MR) is 62.5 cm³/mol. The maximum absolute atomic E-state index is 13.4. The Morgan fingerprint density at radius 3 is 2.56 bits per heavy atom. The van der Waals surface area contributed by atoms with Crippen LogP contribution in [-0.4, -0.2) is 9.55 Å². The van der Waals surface area contributed by atoms with E-state index < -0.39 is 11.4 Å². The van der Waals surface area contributed by atoms with Gasteiger partial charge >= 0.3 is 6.01 Å². The van der Waals surface area contributed by atoms with Crippen LogP contribution >= 0.6 is 15.9 Å². The number of rotatable bonds is 0. The predicted octanol–water partition coefficient (Wildman–Crippen LogP) is 3.84. The van der Waals surface area contributed by atoms with Crippen LogP contribution in [0.25, 0.3) is 11.0 Å². The van der Waals surface area contributed by atoms with Crippen molar-refractivity contribution in [1.82, 2.24) is 9.55 Å². The topological polar surface area (TPSA) is 37.7 Å². The SMILES string of the molecule is CC(C)(C)n1c([O])nc2cc(Br)c(F)cc21. The number of nitrogens with zero attached hydrogens (tertiary/aromatic N) is 2. The minimum Gasteiger partial charge on any atom is -0.285 e. The van der Waals surface area contributed by atoms with E-state index >= 15 is 0 Å². The first-order valence-electron chi connectivity index (χ1n) is 4.85. The van der Waals surface area contributed by atoms with E-state index in [4.69, 9.17) is 0 Å². The molecule has 0 saturated carbocycles. The number of halogens is 2. The van der Waals surface area contributed by atoms with Gasteiger partial charge in [0.2, 0.25) is 0 Å². The Morgan fingerprint density at radius 2 is 2.00 bits per heavy atom. The van der Waals surface area contributed by atoms with Gasteiger partial charge in [-0.05, 0) is 42.8 Å². The van der Waals surface area contributed by atoms with Crippen molar-refractivity contribution in [3.05, 3.63) is 22.4 Å². The molecule has 2 rings (SSSR count). The van der Waals surface area contributed by atoms with Crippen molar-refractivity contribution in [1.29, 1.82) is 0 Å². The van der Waals surface area contributed by atoms with Crippen molar-refractivity contribution in [2.75, 3.05) is 0 Å². The van der Waals surface area contributed by atoms with E-state index in [-0.39, 0.29) is 6.01 Å². The molecule has 1 aromatic carbocycles. The molecule has 0 saturated heterocycles. The van der Waals surface area contributed by atoms with Crippen molar-refractivity contribution in [3.63, 3.8) is 0 Å². The molecule has 0 amide bonds. The molecule has 0 aliphatic rings. The second-order valence-electron chi connectivity index (χ2n) is 4.66. The van der Waals surface area contributed by atoms with E-state index in [0.717, 1.165) is 0 Å². The summed E-state index contributed by atoms with van der Waals surface area (Å²) in [4.78, 5) is 3.89. The van der Waals surface area contributed by atoms with Gasteiger partial charge in [0.05, 0.1) is 15.5 Å². The van der Waals surface area contributed by atoms with Gasteiger partial charge in [0, 0.05) is 11.6 Å². The molecule has 2 aromatic rings. The second kappa shape index (κ2) is 3.45. The molecule has 85 valence electrons. The van der Waals surface area contributed by atoms with Crippen molar-refractivity contribution >= 4 is 27.0 Å². The monoisotopic (exact) mass is 285 g/mol. The van der Waals surface area contributed by atoms with E-state index in [2.05, 4.69) is 20.9 Å². The van der Waals surface area contributed by atoms with Gasteiger partial charge in [-0.25, -0.2) is 9.50 Å². The van der Waals surface area contributed by atoms with Crippen molar-refractivity contribution in [3.8, 4) is 6.01 Å². The van der Waals surface area contributed by atoms with E-state index in [9.17, 15) is 9.50 Å². The molecule has 5 heteroatoms. The van der Waals surface area contributed by atoms with Gasteiger partial charge in [-0.1, -0.05) is 0 Å². The summed E-state index contributed by atoms with van der Waals surface area (Å²) in [5.41, 5.74) is 0.623. The van der Waals surface area contributed by atoms with Gasteiger partial charge in [-0.2, -0.15) is 4.98 Å². The molecule has 3 nitrogen and oxygen atoms in total. The Hall–Kier alpha value is -1.10. The lowest BCUT2D eigenvalue weighted by molar-refractivity contribution is 0.262. The Bertz CT molecular complexity index is 557. The minimum absolute atomic E-state index is 0.318. The fourth-order valence-electron chi connectivity index (χ4n) is 1.70. The summed E-state index contributed by atoms with van der Waals surface area (Å²) in [5.74, 6) is -0.391. The number of imidazole rings is 1. The normalized spacial score (nSPS) is 12.3. The lowest BCUT2D eigenvalue weighted by atomic mass is 10.1. The van der Waals surface area contributed by atoms with Crippen molar-refractivity contribution in [2.45, 2.75) is 26.3 Å². The van der Waals surface area contributed by atoms with Crippen LogP contribution in [0.4, 0.5) is 4.39 Å². The quantitative estimate of drug-likeness (QED) is 0.725. The Balaban J connectivity index is 2.84. The number of hydrogen-bond donors (Lipinski definition) is 0. The van der Waals surface area contributed by atoms with Gasteiger partial charge in [0.1, 0.15) is 5.82 Å². The number of benzene rings is 1. The molecule has 1 aromatic heterocycles. The van der Waals surface area contributed by atoms with Gasteiger partial charge in [-0.15, -0.1) is 0 Å². The Labute approximate surface area is 101 Å². The van der Waals surface area contributed by atoms with E-state index in [0.29, 0.717) is 15.5 Å². The number of fused-ring (bicyclic) bond motifs is 1. The summed E-state index contributed by atoms with van der Waals surface area (Å²) >= 11 is 3.07. The fourth-order valence-corrected chi connectivity index (χ4v) is 2.03. The summed E-state index contributed by atoms with van der Waals surface area (Å²) in [6, 6.07) is 2.51. The number of hydrogen-bond acceptors (Lipinski definition) is 1. The molecule has 1 radical (unpaired) electrons. The van der Waals surface area contributed by atoms with Gasteiger partial charge in [-0.3, -0.25) is 4.57 Å². The zero-order valence-electron chi connectivity index (χ0n) is 9.21. The van der Waals surface area contributed by atoms with Crippen LogP contribution in [-0.2, 0) is 10.6 Å². The fraction of sp³-hybridized carbons (Fsp3) is 0.364. The summed E-state index contributed by atoms with van der Waals surface area (Å²) in [6.45, 7) is 5.65. The highest BCUT2D eigenvalue weighted by molar-refractivity contribution is 9.10. The van der Waals surface area contributed by atoms with Gasteiger partial charge < -0.3 is 0 Å². The minimum atomic E-state index is -0.411. The van der Waals surface area contributed by atoms with Gasteiger partial charge in [0.25, 0.3) is 0 Å². The Kier molecular flexibility index (Phi) is 2.45. The highest BCUT2D eigenvalue weighted by Gasteiger charge is 2.23. The Morgan fingerprint density at radius 1 is 1.38 bits per heavy atom. The molecule has 0 atom stereocenters. The molecule has 16 heavy (non-hydrogen) atoms.